The highest BCUT2D eigenvalue weighted by molar-refractivity contribution is 7.16. The lowest BCUT2D eigenvalue weighted by Crippen LogP contribution is -2.29. The number of Topliss-reactive ketones (excluding diaryl/α,β-unsaturated/α-hetero) is 1. The van der Waals surface area contributed by atoms with Gasteiger partial charge in [0.1, 0.15) is 17.6 Å². The Hall–Kier alpha value is -2.90. The van der Waals surface area contributed by atoms with Crippen LogP contribution in [0.4, 0.5) is 5.13 Å². The van der Waals surface area contributed by atoms with Crippen LogP contribution in [0.2, 0.25) is 5.02 Å². The van der Waals surface area contributed by atoms with Crippen molar-refractivity contribution in [1.82, 2.24) is 4.98 Å². The SMILES string of the molecule is Cc1nc(N2C(=O)C(=O)/C(=C(/O)c3ccc(Cl)cc3)C2c2ccco2)sc1C. The molecule has 28 heavy (non-hydrogen) atoms. The molecule has 1 aliphatic heterocycles. The molecule has 1 fully saturated rings. The largest absolute Gasteiger partial charge is 0.507 e. The number of hydrogen-bond acceptors (Lipinski definition) is 6. The predicted octanol–water partition coefficient (Wildman–Crippen LogP) is 4.63. The van der Waals surface area contributed by atoms with Gasteiger partial charge in [-0.05, 0) is 50.2 Å². The molecule has 1 saturated heterocycles. The minimum absolute atomic E-state index is 0.0484. The van der Waals surface area contributed by atoms with Crippen LogP contribution in [-0.2, 0) is 9.59 Å². The molecule has 0 radical (unpaired) electrons. The average Bonchev–Trinajstić information content (AvgIpc) is 3.36. The Morgan fingerprint density at radius 3 is 2.50 bits per heavy atom. The highest BCUT2D eigenvalue weighted by Gasteiger charge is 2.49. The van der Waals surface area contributed by atoms with Gasteiger partial charge in [-0.1, -0.05) is 11.6 Å². The summed E-state index contributed by atoms with van der Waals surface area (Å²) in [5.41, 5.74) is 1.11. The molecule has 1 atom stereocenters. The number of hydrogen-bond donors (Lipinski definition) is 1. The molecule has 0 saturated carbocycles. The highest BCUT2D eigenvalue weighted by Crippen LogP contribution is 2.43. The van der Waals surface area contributed by atoms with E-state index in [0.717, 1.165) is 10.6 Å². The van der Waals surface area contributed by atoms with E-state index in [1.54, 1.807) is 36.4 Å². The number of aromatic nitrogens is 1. The number of aliphatic hydroxyl groups is 1. The average molecular weight is 415 g/mol. The van der Waals surface area contributed by atoms with E-state index in [1.807, 2.05) is 13.8 Å². The zero-order valence-electron chi connectivity index (χ0n) is 15.0. The maximum Gasteiger partial charge on any atom is 0.302 e. The normalized spacial score (nSPS) is 18.8. The molecule has 0 aliphatic carbocycles. The number of halogens is 1. The lowest BCUT2D eigenvalue weighted by atomic mass is 9.99. The van der Waals surface area contributed by atoms with Crippen LogP contribution >= 0.6 is 22.9 Å². The fraction of sp³-hybridized carbons (Fsp3) is 0.150. The van der Waals surface area contributed by atoms with E-state index in [4.69, 9.17) is 16.0 Å². The first-order valence-corrected chi connectivity index (χ1v) is 9.62. The minimum atomic E-state index is -0.907. The molecular weight excluding hydrogens is 400 g/mol. The van der Waals surface area contributed by atoms with Gasteiger partial charge in [-0.3, -0.25) is 14.5 Å². The summed E-state index contributed by atoms with van der Waals surface area (Å²) in [4.78, 5) is 32.4. The number of carbonyl (C=O) groups excluding carboxylic acids is 2. The topological polar surface area (TPSA) is 83.6 Å². The third kappa shape index (κ3) is 2.93. The Kier molecular flexibility index (Phi) is 4.56. The molecule has 6 nitrogen and oxygen atoms in total. The van der Waals surface area contributed by atoms with Gasteiger partial charge in [0.15, 0.2) is 5.13 Å². The van der Waals surface area contributed by atoms with Crippen LogP contribution in [0.1, 0.15) is 27.9 Å². The van der Waals surface area contributed by atoms with Crippen LogP contribution in [0.15, 0.2) is 52.7 Å². The van der Waals surface area contributed by atoms with Gasteiger partial charge in [-0.25, -0.2) is 4.98 Å². The molecule has 2 aromatic heterocycles. The Morgan fingerprint density at radius 2 is 1.93 bits per heavy atom. The molecule has 142 valence electrons. The van der Waals surface area contributed by atoms with E-state index in [1.165, 1.54) is 22.5 Å². The number of benzene rings is 1. The van der Waals surface area contributed by atoms with Gasteiger partial charge in [0.05, 0.1) is 17.5 Å². The number of aliphatic hydroxyl groups excluding tert-OH is 1. The van der Waals surface area contributed by atoms with Gasteiger partial charge in [0.25, 0.3) is 5.78 Å². The molecule has 1 N–H and O–H groups in total. The molecule has 3 heterocycles. The summed E-state index contributed by atoms with van der Waals surface area (Å²) in [6.07, 6.45) is 1.45. The smallest absolute Gasteiger partial charge is 0.302 e. The maximum atomic E-state index is 12.9. The van der Waals surface area contributed by atoms with Crippen molar-refractivity contribution in [1.29, 1.82) is 0 Å². The van der Waals surface area contributed by atoms with Crippen LogP contribution < -0.4 is 4.90 Å². The molecule has 1 aromatic carbocycles. The molecule has 0 spiro atoms. The quantitative estimate of drug-likeness (QED) is 0.383. The first-order chi connectivity index (χ1) is 13.4. The van der Waals surface area contributed by atoms with E-state index in [9.17, 15) is 14.7 Å². The van der Waals surface area contributed by atoms with Crippen molar-refractivity contribution >= 4 is 45.5 Å². The predicted molar refractivity (Wildman–Crippen MR) is 107 cm³/mol. The monoisotopic (exact) mass is 414 g/mol. The van der Waals surface area contributed by atoms with Crippen molar-refractivity contribution in [3.8, 4) is 0 Å². The lowest BCUT2D eigenvalue weighted by molar-refractivity contribution is -0.132. The molecule has 8 heteroatoms. The number of thiazole rings is 1. The van der Waals surface area contributed by atoms with E-state index in [2.05, 4.69) is 4.98 Å². The Bertz CT molecular complexity index is 1080. The number of furan rings is 1. The molecule has 1 aliphatic rings. The Labute approximate surface area is 169 Å². The van der Waals surface area contributed by atoms with Crippen molar-refractivity contribution in [2.75, 3.05) is 4.90 Å². The summed E-state index contributed by atoms with van der Waals surface area (Å²) in [5, 5.41) is 11.7. The van der Waals surface area contributed by atoms with Crippen LogP contribution in [0.3, 0.4) is 0 Å². The first-order valence-electron chi connectivity index (χ1n) is 8.43. The summed E-state index contributed by atoms with van der Waals surface area (Å²) in [6.45, 7) is 3.73. The Balaban J connectivity index is 1.92. The second-order valence-corrected chi connectivity index (χ2v) is 7.95. The molecule has 4 rings (SSSR count). The number of anilines is 1. The lowest BCUT2D eigenvalue weighted by Gasteiger charge is -2.20. The van der Waals surface area contributed by atoms with Gasteiger partial charge in [-0.15, -0.1) is 11.3 Å². The molecule has 1 amide bonds. The summed E-state index contributed by atoms with van der Waals surface area (Å²) in [7, 11) is 0. The fourth-order valence-electron chi connectivity index (χ4n) is 3.07. The van der Waals surface area contributed by atoms with Crippen molar-refractivity contribution < 1.29 is 19.1 Å². The highest BCUT2D eigenvalue weighted by atomic mass is 35.5. The zero-order chi connectivity index (χ0) is 20.0. The third-order valence-electron chi connectivity index (χ3n) is 4.60. The van der Waals surface area contributed by atoms with Crippen LogP contribution in [-0.4, -0.2) is 21.8 Å². The number of amides is 1. The van der Waals surface area contributed by atoms with Crippen LogP contribution in [0.25, 0.3) is 5.76 Å². The number of aryl methyl sites for hydroxylation is 2. The van der Waals surface area contributed by atoms with Crippen LogP contribution in [0, 0.1) is 13.8 Å². The Morgan fingerprint density at radius 1 is 1.21 bits per heavy atom. The van der Waals surface area contributed by atoms with E-state index >= 15 is 0 Å². The number of ketones is 1. The molecular formula is C20H15ClN2O4S. The number of nitrogens with zero attached hydrogens (tertiary/aromatic N) is 2. The number of rotatable bonds is 3. The number of carbonyl (C=O) groups is 2. The van der Waals surface area contributed by atoms with Gasteiger partial charge < -0.3 is 9.52 Å². The van der Waals surface area contributed by atoms with Crippen molar-refractivity contribution in [2.45, 2.75) is 19.9 Å². The summed E-state index contributed by atoms with van der Waals surface area (Å²) in [5.74, 6) is -1.48. The van der Waals surface area contributed by atoms with Gasteiger partial charge >= 0.3 is 5.91 Å². The summed E-state index contributed by atoms with van der Waals surface area (Å²) >= 11 is 7.22. The molecule has 1 unspecified atom stereocenters. The van der Waals surface area contributed by atoms with Crippen molar-refractivity contribution in [3.05, 3.63) is 75.2 Å². The fourth-order valence-corrected chi connectivity index (χ4v) is 4.13. The zero-order valence-corrected chi connectivity index (χ0v) is 16.5. The van der Waals surface area contributed by atoms with Gasteiger partial charge in [0, 0.05) is 15.5 Å². The van der Waals surface area contributed by atoms with E-state index in [-0.39, 0.29) is 11.3 Å². The van der Waals surface area contributed by atoms with Gasteiger partial charge in [-0.2, -0.15) is 0 Å². The van der Waals surface area contributed by atoms with E-state index in [0.29, 0.717) is 21.5 Å². The van der Waals surface area contributed by atoms with Crippen LogP contribution in [0.5, 0.6) is 0 Å². The second-order valence-electron chi connectivity index (χ2n) is 6.33. The van der Waals surface area contributed by atoms with Crippen molar-refractivity contribution in [2.24, 2.45) is 0 Å². The molecule has 3 aromatic rings. The van der Waals surface area contributed by atoms with E-state index < -0.39 is 17.7 Å². The first kappa shape index (κ1) is 18.5. The standard InChI is InChI=1S/C20H15ClN2O4S/c1-10-11(2)28-20(22-10)23-16(14-4-3-9-27-14)15(18(25)19(23)26)17(24)12-5-7-13(21)8-6-12/h3-9,16,24H,1-2H3/b17-15+. The summed E-state index contributed by atoms with van der Waals surface area (Å²) < 4.78 is 5.50. The summed E-state index contributed by atoms with van der Waals surface area (Å²) in [6, 6.07) is 8.78. The molecule has 0 bridgehead atoms. The van der Waals surface area contributed by atoms with Crippen molar-refractivity contribution in [3.63, 3.8) is 0 Å². The third-order valence-corrected chi connectivity index (χ3v) is 5.92. The maximum absolute atomic E-state index is 12.9. The second kappa shape index (κ2) is 6.92. The minimum Gasteiger partial charge on any atom is -0.507 e. The van der Waals surface area contributed by atoms with Gasteiger partial charge in [0.2, 0.25) is 0 Å².